The van der Waals surface area contributed by atoms with Crippen molar-refractivity contribution in [1.82, 2.24) is 9.97 Å². The average Bonchev–Trinajstić information content (AvgIpc) is 2.62. The molecule has 2 aromatic heterocycles. The molecule has 0 aliphatic rings. The van der Waals surface area contributed by atoms with E-state index in [4.69, 9.17) is 10.2 Å². The summed E-state index contributed by atoms with van der Waals surface area (Å²) >= 11 is 0. The van der Waals surface area contributed by atoms with Crippen LogP contribution in [0.4, 0.5) is 11.8 Å². The van der Waals surface area contributed by atoms with E-state index in [1.807, 2.05) is 19.1 Å². The normalized spacial score (nSPS) is 10.2. The fourth-order valence-electron chi connectivity index (χ4n) is 1.23. The minimum atomic E-state index is 0.260. The van der Waals surface area contributed by atoms with E-state index in [1.165, 1.54) is 0 Å². The fourth-order valence-corrected chi connectivity index (χ4v) is 1.23. The molecule has 0 radical (unpaired) electrons. The van der Waals surface area contributed by atoms with Crippen LogP contribution in [0.2, 0.25) is 0 Å². The van der Waals surface area contributed by atoms with Crippen LogP contribution >= 0.6 is 0 Å². The highest BCUT2D eigenvalue weighted by molar-refractivity contribution is 5.37. The van der Waals surface area contributed by atoms with Crippen LogP contribution in [0.15, 0.2) is 28.8 Å². The lowest BCUT2D eigenvalue weighted by atomic mass is 10.4. The number of anilines is 2. The summed E-state index contributed by atoms with van der Waals surface area (Å²) in [5.41, 5.74) is 5.45. The van der Waals surface area contributed by atoms with Gasteiger partial charge in [-0.3, -0.25) is 0 Å². The van der Waals surface area contributed by atoms with E-state index >= 15 is 0 Å². The quantitative estimate of drug-likeness (QED) is 0.793. The fraction of sp³-hybridized carbons (Fsp3) is 0.200. The standard InChI is InChI=1S/C10H12N4O/c1-7-2-3-8(15-7)6-13-9-4-5-12-10(11)14-9/h2-5H,6H2,1H3,(H3,11,12,13,14). The molecular formula is C10H12N4O. The summed E-state index contributed by atoms with van der Waals surface area (Å²) in [6, 6.07) is 5.60. The lowest BCUT2D eigenvalue weighted by molar-refractivity contribution is 0.490. The van der Waals surface area contributed by atoms with Gasteiger partial charge in [0.15, 0.2) is 0 Å². The zero-order chi connectivity index (χ0) is 10.7. The number of nitrogens with one attached hydrogen (secondary N) is 1. The molecule has 2 rings (SSSR count). The first-order valence-corrected chi connectivity index (χ1v) is 4.62. The zero-order valence-corrected chi connectivity index (χ0v) is 8.40. The van der Waals surface area contributed by atoms with Gasteiger partial charge in [0.05, 0.1) is 6.54 Å². The van der Waals surface area contributed by atoms with Gasteiger partial charge in [-0.1, -0.05) is 0 Å². The van der Waals surface area contributed by atoms with E-state index < -0.39 is 0 Å². The third-order valence-corrected chi connectivity index (χ3v) is 1.91. The van der Waals surface area contributed by atoms with Crippen LogP contribution in [-0.4, -0.2) is 9.97 Å². The molecule has 0 unspecified atom stereocenters. The second-order valence-electron chi connectivity index (χ2n) is 3.17. The Labute approximate surface area is 87.3 Å². The molecule has 2 aromatic rings. The minimum absolute atomic E-state index is 0.260. The van der Waals surface area contributed by atoms with Gasteiger partial charge in [-0.15, -0.1) is 0 Å². The second kappa shape index (κ2) is 4.00. The lowest BCUT2D eigenvalue weighted by Crippen LogP contribution is -2.03. The highest BCUT2D eigenvalue weighted by atomic mass is 16.3. The molecule has 0 aliphatic heterocycles. The smallest absolute Gasteiger partial charge is 0.221 e. The molecule has 0 aromatic carbocycles. The van der Waals surface area contributed by atoms with Gasteiger partial charge in [-0.05, 0) is 25.1 Å². The Kier molecular flexibility index (Phi) is 2.53. The number of nitrogens with two attached hydrogens (primary N) is 1. The van der Waals surface area contributed by atoms with Crippen molar-refractivity contribution >= 4 is 11.8 Å². The van der Waals surface area contributed by atoms with Gasteiger partial charge >= 0.3 is 0 Å². The molecule has 0 saturated heterocycles. The van der Waals surface area contributed by atoms with E-state index in [-0.39, 0.29) is 5.95 Å². The summed E-state index contributed by atoms with van der Waals surface area (Å²) in [5, 5.41) is 3.09. The Balaban J connectivity index is 1.99. The molecular weight excluding hydrogens is 192 g/mol. The highest BCUT2D eigenvalue weighted by Gasteiger charge is 1.99. The molecule has 0 aliphatic carbocycles. The van der Waals surface area contributed by atoms with Crippen molar-refractivity contribution in [2.45, 2.75) is 13.5 Å². The number of furan rings is 1. The van der Waals surface area contributed by atoms with Crippen molar-refractivity contribution in [3.05, 3.63) is 35.9 Å². The Hall–Kier alpha value is -2.04. The van der Waals surface area contributed by atoms with Gasteiger partial charge in [0.25, 0.3) is 0 Å². The summed E-state index contributed by atoms with van der Waals surface area (Å²) in [6.45, 7) is 2.50. The van der Waals surface area contributed by atoms with Crippen molar-refractivity contribution in [2.24, 2.45) is 0 Å². The van der Waals surface area contributed by atoms with Gasteiger partial charge in [-0.2, -0.15) is 4.98 Å². The Bertz CT molecular complexity index is 452. The molecule has 0 atom stereocenters. The van der Waals surface area contributed by atoms with E-state index in [9.17, 15) is 0 Å². The maximum absolute atomic E-state index is 5.45. The number of aromatic nitrogens is 2. The third-order valence-electron chi connectivity index (χ3n) is 1.91. The lowest BCUT2D eigenvalue weighted by Gasteiger charge is -2.02. The number of nitrogen functional groups attached to an aromatic ring is 1. The van der Waals surface area contributed by atoms with E-state index in [0.717, 1.165) is 11.5 Å². The topological polar surface area (TPSA) is 77.0 Å². The SMILES string of the molecule is Cc1ccc(CNc2ccnc(N)n2)o1. The van der Waals surface area contributed by atoms with Crippen LogP contribution in [0.5, 0.6) is 0 Å². The highest BCUT2D eigenvalue weighted by Crippen LogP contribution is 2.09. The molecule has 0 fully saturated rings. The first-order valence-electron chi connectivity index (χ1n) is 4.62. The van der Waals surface area contributed by atoms with Crippen molar-refractivity contribution in [1.29, 1.82) is 0 Å². The van der Waals surface area contributed by atoms with Gasteiger partial charge < -0.3 is 15.5 Å². The second-order valence-corrected chi connectivity index (χ2v) is 3.17. The molecule has 15 heavy (non-hydrogen) atoms. The summed E-state index contributed by atoms with van der Waals surface area (Å²) in [6.07, 6.45) is 1.61. The largest absolute Gasteiger partial charge is 0.465 e. The first kappa shape index (κ1) is 9.51. The Morgan fingerprint density at radius 2 is 2.27 bits per heavy atom. The predicted molar refractivity (Wildman–Crippen MR) is 57.2 cm³/mol. The zero-order valence-electron chi connectivity index (χ0n) is 8.40. The van der Waals surface area contributed by atoms with Gasteiger partial charge in [-0.25, -0.2) is 4.98 Å². The molecule has 2 heterocycles. The van der Waals surface area contributed by atoms with E-state index in [0.29, 0.717) is 12.4 Å². The first-order chi connectivity index (χ1) is 7.24. The Morgan fingerprint density at radius 1 is 1.40 bits per heavy atom. The van der Waals surface area contributed by atoms with Crippen LogP contribution in [0.1, 0.15) is 11.5 Å². The number of nitrogens with zero attached hydrogens (tertiary/aromatic N) is 2. The number of hydrogen-bond acceptors (Lipinski definition) is 5. The molecule has 78 valence electrons. The third kappa shape index (κ3) is 2.46. The molecule has 3 N–H and O–H groups in total. The molecule has 0 spiro atoms. The van der Waals surface area contributed by atoms with Crippen LogP contribution in [0.3, 0.4) is 0 Å². The monoisotopic (exact) mass is 204 g/mol. The maximum atomic E-state index is 5.45. The van der Waals surface area contributed by atoms with Gasteiger partial charge in [0.1, 0.15) is 17.3 Å². The van der Waals surface area contributed by atoms with Crippen molar-refractivity contribution in [2.75, 3.05) is 11.1 Å². The average molecular weight is 204 g/mol. The van der Waals surface area contributed by atoms with Gasteiger partial charge in [0, 0.05) is 6.20 Å². The Morgan fingerprint density at radius 3 is 2.93 bits per heavy atom. The molecule has 0 amide bonds. The number of hydrogen-bond donors (Lipinski definition) is 2. The summed E-state index contributed by atoms with van der Waals surface area (Å²) in [5.74, 6) is 2.71. The van der Waals surface area contributed by atoms with E-state index in [1.54, 1.807) is 12.3 Å². The van der Waals surface area contributed by atoms with Crippen LogP contribution in [0.25, 0.3) is 0 Å². The molecule has 0 bridgehead atoms. The van der Waals surface area contributed by atoms with Crippen LogP contribution in [0, 0.1) is 6.92 Å². The summed E-state index contributed by atoms with van der Waals surface area (Å²) in [7, 11) is 0. The molecule has 5 heteroatoms. The van der Waals surface area contributed by atoms with Gasteiger partial charge in [0.2, 0.25) is 5.95 Å². The van der Waals surface area contributed by atoms with Crippen LogP contribution in [-0.2, 0) is 6.54 Å². The number of aryl methyl sites for hydroxylation is 1. The molecule has 5 nitrogen and oxygen atoms in total. The molecule has 0 saturated carbocycles. The van der Waals surface area contributed by atoms with Crippen molar-refractivity contribution in [3.63, 3.8) is 0 Å². The van der Waals surface area contributed by atoms with Crippen molar-refractivity contribution in [3.8, 4) is 0 Å². The predicted octanol–water partition coefficient (Wildman–Crippen LogP) is 1.57. The summed E-state index contributed by atoms with van der Waals surface area (Å²) in [4.78, 5) is 7.81. The van der Waals surface area contributed by atoms with Crippen LogP contribution < -0.4 is 11.1 Å². The minimum Gasteiger partial charge on any atom is -0.465 e. The maximum Gasteiger partial charge on any atom is 0.221 e. The van der Waals surface area contributed by atoms with E-state index in [2.05, 4.69) is 15.3 Å². The number of rotatable bonds is 3. The van der Waals surface area contributed by atoms with Crippen molar-refractivity contribution < 1.29 is 4.42 Å². The summed E-state index contributed by atoms with van der Waals surface area (Å²) < 4.78 is 5.40.